The fraction of sp³-hybridized carbons (Fsp3) is 0.444. The van der Waals surface area contributed by atoms with Gasteiger partial charge in [0.2, 0.25) is 0 Å². The number of imidazole rings is 1. The number of hydrogen-bond acceptors (Lipinski definition) is 5. The standard InChI is InChI=1S/C27H30ClN3O5/c1-16-8-9-20-22(30(16)27(34)35-2)10-11-23-25(20)29-24(31(23)19-7-4-12-36-15-19)14-21(26(32)33)17-5-3-6-18(28)13-17/h3,5-6,10-11,13,16,19,21H,4,7-9,12,14-15H2,1-2H3,(H,32,33)/t16-,19-,21-/m0/s1. The van der Waals surface area contributed by atoms with Gasteiger partial charge in [-0.3, -0.25) is 9.69 Å². The van der Waals surface area contributed by atoms with Crippen LogP contribution < -0.4 is 4.90 Å². The van der Waals surface area contributed by atoms with E-state index in [-0.39, 0.29) is 18.5 Å². The molecule has 1 N–H and O–H groups in total. The van der Waals surface area contributed by atoms with Crippen molar-refractivity contribution >= 4 is 40.4 Å². The molecule has 9 heteroatoms. The molecule has 1 amide bonds. The molecular formula is C27H30ClN3O5. The molecule has 0 spiro atoms. The number of benzene rings is 2. The number of nitrogens with zero attached hydrogens (tertiary/aromatic N) is 3. The Morgan fingerprint density at radius 3 is 2.81 bits per heavy atom. The molecule has 5 rings (SSSR count). The average Bonchev–Trinajstić information content (AvgIpc) is 3.25. The van der Waals surface area contributed by atoms with Gasteiger partial charge in [-0.05, 0) is 62.4 Å². The Morgan fingerprint density at radius 1 is 1.28 bits per heavy atom. The summed E-state index contributed by atoms with van der Waals surface area (Å²) in [4.78, 5) is 31.7. The quantitative estimate of drug-likeness (QED) is 0.495. The summed E-state index contributed by atoms with van der Waals surface area (Å²) in [5.74, 6) is -1.03. The molecule has 3 heterocycles. The van der Waals surface area contributed by atoms with E-state index in [0.717, 1.165) is 54.6 Å². The van der Waals surface area contributed by atoms with Gasteiger partial charge in [0.15, 0.2) is 0 Å². The van der Waals surface area contributed by atoms with E-state index in [1.807, 2.05) is 19.1 Å². The van der Waals surface area contributed by atoms with Crippen molar-refractivity contribution in [3.05, 3.63) is 58.4 Å². The van der Waals surface area contributed by atoms with Crippen LogP contribution in [0.3, 0.4) is 0 Å². The Kier molecular flexibility index (Phi) is 6.90. The van der Waals surface area contributed by atoms with Crippen molar-refractivity contribution in [2.24, 2.45) is 0 Å². The topological polar surface area (TPSA) is 93.9 Å². The van der Waals surface area contributed by atoms with Crippen LogP contribution in [0.1, 0.15) is 55.1 Å². The monoisotopic (exact) mass is 511 g/mol. The lowest BCUT2D eigenvalue weighted by Crippen LogP contribution is -2.42. The Bertz CT molecular complexity index is 1300. The van der Waals surface area contributed by atoms with Crippen molar-refractivity contribution in [1.82, 2.24) is 9.55 Å². The van der Waals surface area contributed by atoms with E-state index in [1.165, 1.54) is 7.11 Å². The molecule has 36 heavy (non-hydrogen) atoms. The van der Waals surface area contributed by atoms with E-state index in [4.69, 9.17) is 26.1 Å². The minimum Gasteiger partial charge on any atom is -0.481 e. The largest absolute Gasteiger partial charge is 0.481 e. The number of rotatable bonds is 5. The number of methoxy groups -OCH3 is 1. The van der Waals surface area contributed by atoms with Crippen LogP contribution in [0.25, 0.3) is 11.0 Å². The molecule has 0 saturated carbocycles. The van der Waals surface area contributed by atoms with Gasteiger partial charge < -0.3 is 19.1 Å². The Balaban J connectivity index is 1.65. The molecule has 1 saturated heterocycles. The number of amides is 1. The lowest BCUT2D eigenvalue weighted by molar-refractivity contribution is -0.138. The van der Waals surface area contributed by atoms with Gasteiger partial charge in [-0.1, -0.05) is 23.7 Å². The summed E-state index contributed by atoms with van der Waals surface area (Å²) in [5.41, 5.74) is 4.18. The van der Waals surface area contributed by atoms with Crippen molar-refractivity contribution < 1.29 is 24.2 Å². The first kappa shape index (κ1) is 24.6. The number of carboxylic acids is 1. The third-order valence-corrected chi connectivity index (χ3v) is 7.57. The van der Waals surface area contributed by atoms with Crippen LogP contribution in [0, 0.1) is 0 Å². The number of aromatic nitrogens is 2. The minimum atomic E-state index is -0.927. The number of ether oxygens (including phenoxy) is 2. The van der Waals surface area contributed by atoms with Gasteiger partial charge in [-0.2, -0.15) is 0 Å². The molecule has 1 aromatic heterocycles. The molecule has 2 aromatic carbocycles. The summed E-state index contributed by atoms with van der Waals surface area (Å²) in [7, 11) is 1.39. The Morgan fingerprint density at radius 2 is 2.11 bits per heavy atom. The number of anilines is 1. The fourth-order valence-corrected chi connectivity index (χ4v) is 5.75. The maximum absolute atomic E-state index is 12.6. The molecule has 190 valence electrons. The maximum Gasteiger partial charge on any atom is 0.414 e. The number of carboxylic acid groups (broad SMARTS) is 1. The summed E-state index contributed by atoms with van der Waals surface area (Å²) >= 11 is 6.18. The highest BCUT2D eigenvalue weighted by atomic mass is 35.5. The number of hydrogen-bond donors (Lipinski definition) is 1. The van der Waals surface area contributed by atoms with Gasteiger partial charge in [0.1, 0.15) is 5.82 Å². The van der Waals surface area contributed by atoms with Crippen LogP contribution >= 0.6 is 11.6 Å². The van der Waals surface area contributed by atoms with Crippen LogP contribution in [0.2, 0.25) is 5.02 Å². The van der Waals surface area contributed by atoms with Crippen molar-refractivity contribution in [3.63, 3.8) is 0 Å². The van der Waals surface area contributed by atoms with E-state index in [1.54, 1.807) is 29.2 Å². The van der Waals surface area contributed by atoms with E-state index in [0.29, 0.717) is 23.0 Å². The third kappa shape index (κ3) is 4.44. The molecule has 2 aliphatic heterocycles. The average molecular weight is 512 g/mol. The number of carbonyl (C=O) groups is 2. The number of carbonyl (C=O) groups excluding carboxylic acids is 1. The summed E-state index contributed by atoms with van der Waals surface area (Å²) in [6.07, 6.45) is 3.24. The summed E-state index contributed by atoms with van der Waals surface area (Å²) in [6, 6.07) is 11.0. The van der Waals surface area contributed by atoms with Gasteiger partial charge in [0.25, 0.3) is 0 Å². The summed E-state index contributed by atoms with van der Waals surface area (Å²) in [6.45, 7) is 3.28. The highest BCUT2D eigenvalue weighted by molar-refractivity contribution is 6.30. The molecule has 8 nitrogen and oxygen atoms in total. The number of aliphatic carboxylic acids is 1. The summed E-state index contributed by atoms with van der Waals surface area (Å²) in [5, 5.41) is 10.6. The van der Waals surface area contributed by atoms with Gasteiger partial charge >= 0.3 is 12.1 Å². The predicted octanol–water partition coefficient (Wildman–Crippen LogP) is 5.36. The lowest BCUT2D eigenvalue weighted by atomic mass is 9.95. The molecular weight excluding hydrogens is 482 g/mol. The van der Waals surface area contributed by atoms with Crippen LogP contribution in [-0.4, -0.2) is 53.1 Å². The molecule has 1 fully saturated rings. The number of aryl methyl sites for hydroxylation is 1. The van der Waals surface area contributed by atoms with Crippen molar-refractivity contribution in [3.8, 4) is 0 Å². The number of halogens is 1. The normalized spacial score (nSPS) is 20.7. The van der Waals surface area contributed by atoms with Gasteiger partial charge in [-0.15, -0.1) is 0 Å². The number of fused-ring (bicyclic) bond motifs is 3. The van der Waals surface area contributed by atoms with Crippen LogP contribution in [0.5, 0.6) is 0 Å². The smallest absolute Gasteiger partial charge is 0.414 e. The molecule has 0 bridgehead atoms. The van der Waals surface area contributed by atoms with Gasteiger partial charge in [0, 0.05) is 29.7 Å². The van der Waals surface area contributed by atoms with Crippen LogP contribution in [0.4, 0.5) is 10.5 Å². The molecule has 0 aliphatic carbocycles. The molecule has 3 aromatic rings. The Labute approximate surface area is 214 Å². The van der Waals surface area contributed by atoms with Crippen LogP contribution in [0.15, 0.2) is 36.4 Å². The van der Waals surface area contributed by atoms with E-state index >= 15 is 0 Å². The van der Waals surface area contributed by atoms with E-state index in [9.17, 15) is 14.7 Å². The second kappa shape index (κ2) is 10.1. The maximum atomic E-state index is 12.6. The first-order chi connectivity index (χ1) is 17.4. The molecule has 0 unspecified atom stereocenters. The van der Waals surface area contributed by atoms with Crippen molar-refractivity contribution in [1.29, 1.82) is 0 Å². The second-order valence-electron chi connectivity index (χ2n) is 9.58. The SMILES string of the molecule is COC(=O)N1c2ccc3c(nc(C[C@H](C(=O)O)c4cccc(Cl)c4)n3[C@H]3CCCOC3)c2CC[C@@H]1C. The zero-order valence-electron chi connectivity index (χ0n) is 20.4. The lowest BCUT2D eigenvalue weighted by Gasteiger charge is -2.34. The predicted molar refractivity (Wildman–Crippen MR) is 137 cm³/mol. The summed E-state index contributed by atoms with van der Waals surface area (Å²) < 4.78 is 13.0. The fourth-order valence-electron chi connectivity index (χ4n) is 5.56. The van der Waals surface area contributed by atoms with Crippen molar-refractivity contribution in [2.75, 3.05) is 25.2 Å². The first-order valence-corrected chi connectivity index (χ1v) is 12.7. The molecule has 3 atom stereocenters. The zero-order valence-corrected chi connectivity index (χ0v) is 21.2. The zero-order chi connectivity index (χ0) is 25.4. The van der Waals surface area contributed by atoms with Gasteiger partial charge in [-0.25, -0.2) is 9.78 Å². The highest BCUT2D eigenvalue weighted by Crippen LogP contribution is 2.39. The third-order valence-electron chi connectivity index (χ3n) is 7.34. The first-order valence-electron chi connectivity index (χ1n) is 12.3. The highest BCUT2D eigenvalue weighted by Gasteiger charge is 2.33. The van der Waals surface area contributed by atoms with Gasteiger partial charge in [0.05, 0.1) is 42.4 Å². The Hall–Kier alpha value is -3.10. The van der Waals surface area contributed by atoms with Crippen LogP contribution in [-0.2, 0) is 27.1 Å². The second-order valence-corrected chi connectivity index (χ2v) is 10.0. The van der Waals surface area contributed by atoms with E-state index in [2.05, 4.69) is 4.57 Å². The molecule has 2 aliphatic rings. The minimum absolute atomic E-state index is 0.00919. The van der Waals surface area contributed by atoms with Crippen molar-refractivity contribution in [2.45, 2.75) is 57.0 Å². The molecule has 0 radical (unpaired) electrons. The van der Waals surface area contributed by atoms with E-state index < -0.39 is 18.0 Å².